The van der Waals surface area contributed by atoms with Crippen LogP contribution in [0.1, 0.15) is 28.8 Å². The van der Waals surface area contributed by atoms with Gasteiger partial charge in [-0.25, -0.2) is 0 Å². The Morgan fingerprint density at radius 2 is 1.58 bits per heavy atom. The van der Waals surface area contributed by atoms with Crippen molar-refractivity contribution < 1.29 is 23.8 Å². The molecule has 0 saturated heterocycles. The lowest BCUT2D eigenvalue weighted by Crippen LogP contribution is -2.08. The summed E-state index contributed by atoms with van der Waals surface area (Å²) >= 11 is 0. The maximum atomic E-state index is 12.0. The second-order valence-corrected chi connectivity index (χ2v) is 4.02. The van der Waals surface area contributed by atoms with Gasteiger partial charge in [0.05, 0.1) is 27.8 Å². The molecule has 0 amide bonds. The highest BCUT2D eigenvalue weighted by atomic mass is 16.5. The Balaban J connectivity index is 2.93. The van der Waals surface area contributed by atoms with E-state index >= 15 is 0 Å². The van der Waals surface area contributed by atoms with Crippen molar-refractivity contribution in [1.82, 2.24) is 0 Å². The standard InChI is InChI=1S/C14H18O5/c1-9-7-12(17-2)13(18-3)8-10(9)11(15)5-6-14(16)19-4/h7-8H,5-6H2,1-4H3. The molecule has 0 atom stereocenters. The van der Waals surface area contributed by atoms with Gasteiger partial charge in [-0.3, -0.25) is 9.59 Å². The summed E-state index contributed by atoms with van der Waals surface area (Å²) in [6.07, 6.45) is 0.187. The van der Waals surface area contributed by atoms with E-state index in [1.165, 1.54) is 21.3 Å². The fraction of sp³-hybridized carbons (Fsp3) is 0.429. The third kappa shape index (κ3) is 3.71. The first-order valence-electron chi connectivity index (χ1n) is 5.86. The molecule has 0 saturated carbocycles. The molecule has 0 radical (unpaired) electrons. The van der Waals surface area contributed by atoms with Gasteiger partial charge in [-0.1, -0.05) is 0 Å². The third-order valence-electron chi connectivity index (χ3n) is 2.81. The number of carbonyl (C=O) groups excluding carboxylic acids is 2. The van der Waals surface area contributed by atoms with Gasteiger partial charge in [0.15, 0.2) is 17.3 Å². The van der Waals surface area contributed by atoms with Crippen LogP contribution in [0.25, 0.3) is 0 Å². The van der Waals surface area contributed by atoms with E-state index in [1.54, 1.807) is 12.1 Å². The molecule has 0 aliphatic carbocycles. The number of methoxy groups -OCH3 is 3. The third-order valence-corrected chi connectivity index (χ3v) is 2.81. The molecule has 1 rings (SSSR count). The lowest BCUT2D eigenvalue weighted by Gasteiger charge is -2.12. The Labute approximate surface area is 112 Å². The predicted molar refractivity (Wildman–Crippen MR) is 69.9 cm³/mol. The number of rotatable bonds is 6. The summed E-state index contributed by atoms with van der Waals surface area (Å²) in [6, 6.07) is 3.37. The molecule has 0 fully saturated rings. The zero-order valence-corrected chi connectivity index (χ0v) is 11.6. The summed E-state index contributed by atoms with van der Waals surface area (Å²) < 4.78 is 14.8. The summed E-state index contributed by atoms with van der Waals surface area (Å²) in [7, 11) is 4.35. The molecule has 0 bridgehead atoms. The number of ketones is 1. The van der Waals surface area contributed by atoms with E-state index in [0.29, 0.717) is 17.1 Å². The minimum atomic E-state index is -0.397. The lowest BCUT2D eigenvalue weighted by molar-refractivity contribution is -0.140. The summed E-state index contributed by atoms with van der Waals surface area (Å²) in [5.41, 5.74) is 1.31. The monoisotopic (exact) mass is 266 g/mol. The predicted octanol–water partition coefficient (Wildman–Crippen LogP) is 2.15. The van der Waals surface area contributed by atoms with Crippen molar-refractivity contribution in [3.63, 3.8) is 0 Å². The second-order valence-electron chi connectivity index (χ2n) is 4.02. The van der Waals surface area contributed by atoms with Crippen LogP contribution >= 0.6 is 0 Å². The fourth-order valence-corrected chi connectivity index (χ4v) is 1.73. The number of esters is 1. The smallest absolute Gasteiger partial charge is 0.305 e. The van der Waals surface area contributed by atoms with Crippen LogP contribution < -0.4 is 9.47 Å². The van der Waals surface area contributed by atoms with Gasteiger partial charge < -0.3 is 14.2 Å². The first kappa shape index (κ1) is 15.0. The van der Waals surface area contributed by atoms with Crippen LogP contribution in [0.2, 0.25) is 0 Å². The minimum Gasteiger partial charge on any atom is -0.493 e. The number of aryl methyl sites for hydroxylation is 1. The van der Waals surface area contributed by atoms with Crippen molar-refractivity contribution >= 4 is 11.8 Å². The molecule has 0 unspecified atom stereocenters. The van der Waals surface area contributed by atoms with E-state index in [0.717, 1.165) is 5.56 Å². The van der Waals surface area contributed by atoms with Crippen molar-refractivity contribution in [2.45, 2.75) is 19.8 Å². The molecular formula is C14H18O5. The van der Waals surface area contributed by atoms with E-state index in [2.05, 4.69) is 4.74 Å². The molecule has 0 aliphatic heterocycles. The SMILES string of the molecule is COC(=O)CCC(=O)c1cc(OC)c(OC)cc1C. The molecule has 1 aromatic rings. The van der Waals surface area contributed by atoms with Gasteiger partial charge in [0.25, 0.3) is 0 Å². The maximum absolute atomic E-state index is 12.0. The second kappa shape index (κ2) is 6.78. The van der Waals surface area contributed by atoms with Gasteiger partial charge in [-0.05, 0) is 24.6 Å². The zero-order valence-electron chi connectivity index (χ0n) is 11.6. The van der Waals surface area contributed by atoms with E-state index in [-0.39, 0.29) is 18.6 Å². The Bertz CT molecular complexity index is 479. The topological polar surface area (TPSA) is 61.8 Å². The van der Waals surface area contributed by atoms with E-state index in [9.17, 15) is 9.59 Å². The highest BCUT2D eigenvalue weighted by molar-refractivity contribution is 5.99. The summed E-state index contributed by atoms with van der Waals surface area (Å²) in [5, 5.41) is 0. The molecular weight excluding hydrogens is 248 g/mol. The molecule has 0 spiro atoms. The Morgan fingerprint density at radius 3 is 2.11 bits per heavy atom. The van der Waals surface area contributed by atoms with Crippen LogP contribution in [0.3, 0.4) is 0 Å². The van der Waals surface area contributed by atoms with Crippen molar-refractivity contribution in [1.29, 1.82) is 0 Å². The molecule has 0 N–H and O–H groups in total. The Morgan fingerprint density at radius 1 is 1.00 bits per heavy atom. The van der Waals surface area contributed by atoms with Crippen molar-refractivity contribution in [2.24, 2.45) is 0 Å². The van der Waals surface area contributed by atoms with Crippen LogP contribution in [-0.4, -0.2) is 33.1 Å². The number of hydrogen-bond acceptors (Lipinski definition) is 5. The highest BCUT2D eigenvalue weighted by Gasteiger charge is 2.15. The number of carbonyl (C=O) groups is 2. The van der Waals surface area contributed by atoms with Crippen molar-refractivity contribution in [3.05, 3.63) is 23.3 Å². The number of benzene rings is 1. The normalized spacial score (nSPS) is 9.89. The Kier molecular flexibility index (Phi) is 5.36. The van der Waals surface area contributed by atoms with Crippen LogP contribution in [0, 0.1) is 6.92 Å². The molecule has 19 heavy (non-hydrogen) atoms. The van der Waals surface area contributed by atoms with Gasteiger partial charge >= 0.3 is 5.97 Å². The highest BCUT2D eigenvalue weighted by Crippen LogP contribution is 2.30. The van der Waals surface area contributed by atoms with Crippen LogP contribution in [0.5, 0.6) is 11.5 Å². The zero-order chi connectivity index (χ0) is 14.4. The van der Waals surface area contributed by atoms with Crippen molar-refractivity contribution in [3.8, 4) is 11.5 Å². The first-order valence-corrected chi connectivity index (χ1v) is 5.86. The number of ether oxygens (including phenoxy) is 3. The van der Waals surface area contributed by atoms with Crippen molar-refractivity contribution in [2.75, 3.05) is 21.3 Å². The molecule has 5 nitrogen and oxygen atoms in total. The minimum absolute atomic E-state index is 0.0725. The molecule has 0 aromatic heterocycles. The number of hydrogen-bond donors (Lipinski definition) is 0. The molecule has 104 valence electrons. The van der Waals surface area contributed by atoms with Gasteiger partial charge in [-0.2, -0.15) is 0 Å². The summed E-state index contributed by atoms with van der Waals surface area (Å²) in [4.78, 5) is 23.1. The fourth-order valence-electron chi connectivity index (χ4n) is 1.73. The molecule has 0 aliphatic rings. The Hall–Kier alpha value is -2.04. The molecule has 5 heteroatoms. The van der Waals surface area contributed by atoms with Gasteiger partial charge in [-0.15, -0.1) is 0 Å². The lowest BCUT2D eigenvalue weighted by atomic mass is 10.0. The van der Waals surface area contributed by atoms with Crippen LogP contribution in [-0.2, 0) is 9.53 Å². The van der Waals surface area contributed by atoms with E-state index in [4.69, 9.17) is 9.47 Å². The first-order chi connectivity index (χ1) is 9.03. The largest absolute Gasteiger partial charge is 0.493 e. The molecule has 1 aromatic carbocycles. The average Bonchev–Trinajstić information content (AvgIpc) is 2.43. The average molecular weight is 266 g/mol. The quantitative estimate of drug-likeness (QED) is 0.583. The van der Waals surface area contributed by atoms with Crippen LogP contribution in [0.15, 0.2) is 12.1 Å². The molecule has 0 heterocycles. The van der Waals surface area contributed by atoms with E-state index in [1.807, 2.05) is 6.92 Å². The van der Waals surface area contributed by atoms with Gasteiger partial charge in [0.2, 0.25) is 0 Å². The van der Waals surface area contributed by atoms with Crippen LogP contribution in [0.4, 0.5) is 0 Å². The maximum Gasteiger partial charge on any atom is 0.305 e. The number of Topliss-reactive ketones (excluding diaryl/α,β-unsaturated/α-hetero) is 1. The summed E-state index contributed by atoms with van der Waals surface area (Å²) in [6.45, 7) is 1.81. The van der Waals surface area contributed by atoms with Gasteiger partial charge in [0, 0.05) is 12.0 Å². The van der Waals surface area contributed by atoms with Gasteiger partial charge in [0.1, 0.15) is 0 Å². The summed E-state index contributed by atoms with van der Waals surface area (Å²) in [5.74, 6) is 0.550. The van der Waals surface area contributed by atoms with E-state index < -0.39 is 5.97 Å².